The van der Waals surface area contributed by atoms with Crippen LogP contribution in [0.3, 0.4) is 0 Å². The third-order valence-corrected chi connectivity index (χ3v) is 3.24. The summed E-state index contributed by atoms with van der Waals surface area (Å²) in [6.45, 7) is 0. The lowest BCUT2D eigenvalue weighted by atomic mass is 10.2. The molecule has 1 rings (SSSR count). The summed E-state index contributed by atoms with van der Waals surface area (Å²) in [4.78, 5) is 0. The third-order valence-electron chi connectivity index (χ3n) is 1.59. The molecule has 1 heterocycles. The van der Waals surface area contributed by atoms with Crippen molar-refractivity contribution in [1.82, 2.24) is 0 Å². The van der Waals surface area contributed by atoms with Crippen molar-refractivity contribution in [3.05, 3.63) is 0 Å². The van der Waals surface area contributed by atoms with Gasteiger partial charge in [-0.15, -0.1) is 0 Å². The van der Waals surface area contributed by atoms with Crippen molar-refractivity contribution < 1.29 is 8.42 Å². The van der Waals surface area contributed by atoms with Crippen LogP contribution in [0.5, 0.6) is 0 Å². The fourth-order valence-electron chi connectivity index (χ4n) is 0.903. The molecule has 0 bridgehead atoms. The summed E-state index contributed by atoms with van der Waals surface area (Å²) in [5.41, 5.74) is 0.815. The predicted octanol–water partition coefficient (Wildman–Crippen LogP) is -0.490. The smallest absolute Gasteiger partial charge is 0.151 e. The molecule has 58 valence electrons. The molecule has 1 aliphatic rings. The summed E-state index contributed by atoms with van der Waals surface area (Å²) in [5.74, 6) is 5.41. The van der Waals surface area contributed by atoms with Crippen LogP contribution in [0.2, 0.25) is 0 Å². The van der Waals surface area contributed by atoms with E-state index in [-0.39, 0.29) is 11.5 Å². The monoisotopic (exact) mass is 162 g/mol. The fraction of sp³-hybridized carbons (Fsp3) is 0.800. The van der Waals surface area contributed by atoms with Gasteiger partial charge in [-0.1, -0.05) is 0 Å². The molecule has 0 aromatic carbocycles. The second-order valence-electron chi connectivity index (χ2n) is 2.35. The summed E-state index contributed by atoms with van der Waals surface area (Å²) >= 11 is 0. The highest BCUT2D eigenvalue weighted by Crippen LogP contribution is 2.07. The Balaban J connectivity index is 2.63. The van der Waals surface area contributed by atoms with Gasteiger partial charge in [-0.25, -0.2) is 8.42 Å². The highest BCUT2D eigenvalue weighted by Gasteiger charge is 2.19. The van der Waals surface area contributed by atoms with Gasteiger partial charge in [0.25, 0.3) is 0 Å². The zero-order valence-corrected chi connectivity index (χ0v) is 6.39. The second-order valence-corrected chi connectivity index (χ2v) is 4.65. The van der Waals surface area contributed by atoms with E-state index in [1.165, 1.54) is 0 Å². The molecule has 0 aromatic heterocycles. The highest BCUT2D eigenvalue weighted by atomic mass is 32.2. The second kappa shape index (κ2) is 2.57. The van der Waals surface area contributed by atoms with Crippen LogP contribution < -0.4 is 5.84 Å². The van der Waals surface area contributed by atoms with E-state index in [2.05, 4.69) is 5.10 Å². The van der Waals surface area contributed by atoms with Gasteiger partial charge in [0.2, 0.25) is 0 Å². The van der Waals surface area contributed by atoms with Crippen molar-refractivity contribution in [3.8, 4) is 0 Å². The van der Waals surface area contributed by atoms with Gasteiger partial charge in [0, 0.05) is 18.6 Å². The van der Waals surface area contributed by atoms with Crippen LogP contribution in [-0.2, 0) is 9.84 Å². The Bertz CT molecular complexity index is 226. The SMILES string of the molecule is NN=C1CCS(=O)(=O)CC1. The van der Waals surface area contributed by atoms with Crippen LogP contribution in [0.25, 0.3) is 0 Å². The summed E-state index contributed by atoms with van der Waals surface area (Å²) < 4.78 is 21.6. The van der Waals surface area contributed by atoms with Gasteiger partial charge in [-0.3, -0.25) is 0 Å². The first-order valence-corrected chi connectivity index (χ1v) is 4.92. The van der Waals surface area contributed by atoms with Crippen molar-refractivity contribution in [3.63, 3.8) is 0 Å². The summed E-state index contributed by atoms with van der Waals surface area (Å²) in [6.07, 6.45) is 1.03. The molecule has 0 radical (unpaired) electrons. The number of hydrazone groups is 1. The number of sulfone groups is 1. The number of nitrogens with zero attached hydrogens (tertiary/aromatic N) is 1. The summed E-state index contributed by atoms with van der Waals surface area (Å²) in [7, 11) is -2.76. The molecule has 5 heteroatoms. The van der Waals surface area contributed by atoms with Crippen LogP contribution in [0.4, 0.5) is 0 Å². The van der Waals surface area contributed by atoms with Gasteiger partial charge in [-0.2, -0.15) is 5.10 Å². The van der Waals surface area contributed by atoms with Crippen LogP contribution in [-0.4, -0.2) is 25.6 Å². The minimum absolute atomic E-state index is 0.211. The van der Waals surface area contributed by atoms with Crippen molar-refractivity contribution >= 4 is 15.5 Å². The predicted molar refractivity (Wildman–Crippen MR) is 39.5 cm³/mol. The van der Waals surface area contributed by atoms with Gasteiger partial charge in [0.05, 0.1) is 11.5 Å². The Morgan fingerprint density at radius 3 is 2.20 bits per heavy atom. The highest BCUT2D eigenvalue weighted by molar-refractivity contribution is 7.91. The van der Waals surface area contributed by atoms with E-state index in [9.17, 15) is 8.42 Å². The summed E-state index contributed by atoms with van der Waals surface area (Å²) in [6, 6.07) is 0. The Morgan fingerprint density at radius 1 is 1.30 bits per heavy atom. The maximum absolute atomic E-state index is 10.8. The normalized spacial score (nSPS) is 24.2. The maximum atomic E-state index is 10.8. The molecular formula is C5H10N2O2S. The van der Waals surface area contributed by atoms with Crippen molar-refractivity contribution in [2.24, 2.45) is 10.9 Å². The topological polar surface area (TPSA) is 72.5 Å². The molecule has 0 spiro atoms. The molecule has 0 saturated carbocycles. The van der Waals surface area contributed by atoms with Gasteiger partial charge in [0.1, 0.15) is 0 Å². The first kappa shape index (κ1) is 7.53. The Kier molecular flexibility index (Phi) is 1.94. The molecule has 4 nitrogen and oxygen atoms in total. The zero-order chi connectivity index (χ0) is 7.61. The molecule has 10 heavy (non-hydrogen) atoms. The van der Waals surface area contributed by atoms with E-state index >= 15 is 0 Å². The molecule has 0 atom stereocenters. The molecule has 0 amide bonds. The summed E-state index contributed by atoms with van der Waals surface area (Å²) in [5, 5.41) is 3.47. The molecule has 0 unspecified atom stereocenters. The number of nitrogens with two attached hydrogens (primary N) is 1. The standard InChI is InChI=1S/C5H10N2O2S/c6-7-5-1-3-10(8,9)4-2-5/h1-4,6H2. The van der Waals surface area contributed by atoms with Crippen LogP contribution in [0.15, 0.2) is 5.10 Å². The Labute approximate surface area is 60.0 Å². The maximum Gasteiger partial charge on any atom is 0.151 e. The lowest BCUT2D eigenvalue weighted by molar-refractivity contribution is 0.593. The number of rotatable bonds is 0. The molecular weight excluding hydrogens is 152 g/mol. The number of hydrogen-bond donors (Lipinski definition) is 1. The van der Waals surface area contributed by atoms with Crippen molar-refractivity contribution in [1.29, 1.82) is 0 Å². The lowest BCUT2D eigenvalue weighted by Crippen LogP contribution is -2.23. The Hall–Kier alpha value is -0.580. The number of hydrogen-bond acceptors (Lipinski definition) is 4. The molecule has 2 N–H and O–H groups in total. The van der Waals surface area contributed by atoms with Gasteiger partial charge < -0.3 is 5.84 Å². The minimum Gasteiger partial charge on any atom is -0.323 e. The van der Waals surface area contributed by atoms with E-state index in [0.717, 1.165) is 5.71 Å². The van der Waals surface area contributed by atoms with Crippen molar-refractivity contribution in [2.45, 2.75) is 12.8 Å². The third kappa shape index (κ3) is 1.70. The van der Waals surface area contributed by atoms with Crippen LogP contribution in [0, 0.1) is 0 Å². The molecule has 1 aliphatic heterocycles. The average Bonchev–Trinajstić information content (AvgIpc) is 1.88. The Morgan fingerprint density at radius 2 is 1.80 bits per heavy atom. The largest absolute Gasteiger partial charge is 0.323 e. The first-order chi connectivity index (χ1) is 4.64. The molecule has 0 aromatic rings. The van der Waals surface area contributed by atoms with Crippen LogP contribution in [0.1, 0.15) is 12.8 Å². The zero-order valence-electron chi connectivity index (χ0n) is 5.58. The van der Waals surface area contributed by atoms with E-state index < -0.39 is 9.84 Å². The van der Waals surface area contributed by atoms with Gasteiger partial charge in [0.15, 0.2) is 9.84 Å². The van der Waals surface area contributed by atoms with Gasteiger partial charge >= 0.3 is 0 Å². The molecule has 1 saturated heterocycles. The van der Waals surface area contributed by atoms with Gasteiger partial charge in [-0.05, 0) is 0 Å². The average molecular weight is 162 g/mol. The van der Waals surface area contributed by atoms with E-state index in [4.69, 9.17) is 5.84 Å². The fourth-order valence-corrected chi connectivity index (χ4v) is 2.20. The van der Waals surface area contributed by atoms with E-state index in [1.54, 1.807) is 0 Å². The molecule has 0 aliphatic carbocycles. The van der Waals surface area contributed by atoms with E-state index in [1.807, 2.05) is 0 Å². The van der Waals surface area contributed by atoms with E-state index in [0.29, 0.717) is 12.8 Å². The first-order valence-electron chi connectivity index (χ1n) is 3.10. The quantitative estimate of drug-likeness (QED) is 0.386. The molecule has 1 fully saturated rings. The van der Waals surface area contributed by atoms with Crippen LogP contribution >= 0.6 is 0 Å². The lowest BCUT2D eigenvalue weighted by Gasteiger charge is -2.11. The van der Waals surface area contributed by atoms with Crippen molar-refractivity contribution in [2.75, 3.05) is 11.5 Å². The minimum atomic E-state index is -2.76.